The van der Waals surface area contributed by atoms with E-state index in [1.165, 1.54) is 5.57 Å². The first kappa shape index (κ1) is 19.8. The van der Waals surface area contributed by atoms with Gasteiger partial charge < -0.3 is 9.84 Å². The van der Waals surface area contributed by atoms with Crippen LogP contribution in [0.1, 0.15) is 73.1 Å². The van der Waals surface area contributed by atoms with Crippen LogP contribution in [0.25, 0.3) is 0 Å². The molecule has 5 aliphatic rings. The van der Waals surface area contributed by atoms with Gasteiger partial charge in [-0.25, -0.2) is 0 Å². The number of hydrogen-bond acceptors (Lipinski definition) is 4. The maximum Gasteiger partial charge on any atom is 0.311 e. The Bertz CT molecular complexity index is 791. The number of esters is 1. The van der Waals surface area contributed by atoms with Crippen molar-refractivity contribution in [3.8, 4) is 0 Å². The lowest BCUT2D eigenvalue weighted by atomic mass is 9.46. The molecule has 9 atom stereocenters. The number of aliphatic hydroxyl groups is 1. The van der Waals surface area contributed by atoms with E-state index in [1.807, 2.05) is 20.8 Å². The Labute approximate surface area is 174 Å². The summed E-state index contributed by atoms with van der Waals surface area (Å²) in [6.45, 7) is 10.2. The van der Waals surface area contributed by atoms with Crippen LogP contribution in [0, 0.1) is 45.8 Å². The zero-order chi connectivity index (χ0) is 20.9. The highest BCUT2D eigenvalue weighted by Gasteiger charge is 2.71. The van der Waals surface area contributed by atoms with E-state index < -0.39 is 11.5 Å². The molecule has 5 aliphatic carbocycles. The fourth-order valence-electron chi connectivity index (χ4n) is 7.69. The van der Waals surface area contributed by atoms with E-state index in [2.05, 4.69) is 19.9 Å². The number of aliphatic hydroxyl groups excluding tert-OH is 1. The molecule has 4 saturated carbocycles. The van der Waals surface area contributed by atoms with Crippen molar-refractivity contribution >= 4 is 11.8 Å². The Morgan fingerprint density at radius 1 is 1.17 bits per heavy atom. The molecule has 0 aromatic carbocycles. The van der Waals surface area contributed by atoms with Crippen molar-refractivity contribution in [2.24, 2.45) is 45.8 Å². The quantitative estimate of drug-likeness (QED) is 0.526. The van der Waals surface area contributed by atoms with Crippen LogP contribution in [0.15, 0.2) is 11.6 Å². The van der Waals surface area contributed by atoms with Crippen LogP contribution in [-0.4, -0.2) is 29.1 Å². The highest BCUT2D eigenvalue weighted by atomic mass is 16.5. The van der Waals surface area contributed by atoms with Crippen molar-refractivity contribution in [3.63, 3.8) is 0 Å². The Morgan fingerprint density at radius 2 is 1.86 bits per heavy atom. The van der Waals surface area contributed by atoms with Gasteiger partial charge in [0.2, 0.25) is 0 Å². The van der Waals surface area contributed by atoms with E-state index in [-0.39, 0.29) is 34.7 Å². The van der Waals surface area contributed by atoms with Crippen molar-refractivity contribution in [1.29, 1.82) is 0 Å². The maximum atomic E-state index is 12.9. The first-order chi connectivity index (χ1) is 13.5. The van der Waals surface area contributed by atoms with Crippen molar-refractivity contribution in [2.75, 3.05) is 0 Å². The van der Waals surface area contributed by atoms with Crippen LogP contribution in [0.4, 0.5) is 0 Å². The Hall–Kier alpha value is -1.16. The van der Waals surface area contributed by atoms with Gasteiger partial charge in [0.15, 0.2) is 0 Å². The first-order valence-corrected chi connectivity index (χ1v) is 11.6. The average molecular weight is 401 g/mol. The second-order valence-corrected chi connectivity index (χ2v) is 12.2. The Balaban J connectivity index is 1.42. The topological polar surface area (TPSA) is 63.6 Å². The number of hydrogen-bond donors (Lipinski definition) is 1. The minimum atomic E-state index is -0.490. The van der Waals surface area contributed by atoms with E-state index >= 15 is 0 Å². The fourth-order valence-corrected chi connectivity index (χ4v) is 7.69. The van der Waals surface area contributed by atoms with Gasteiger partial charge in [0.1, 0.15) is 11.9 Å². The lowest BCUT2D eigenvalue weighted by Crippen LogP contribution is -2.56. The summed E-state index contributed by atoms with van der Waals surface area (Å²) in [7, 11) is 0. The van der Waals surface area contributed by atoms with E-state index in [9.17, 15) is 14.7 Å². The van der Waals surface area contributed by atoms with Gasteiger partial charge in [-0.2, -0.15) is 0 Å². The normalized spacial score (nSPS) is 50.6. The monoisotopic (exact) mass is 400 g/mol. The van der Waals surface area contributed by atoms with Gasteiger partial charge in [0.25, 0.3) is 0 Å². The maximum absolute atomic E-state index is 12.9. The molecule has 0 saturated heterocycles. The fraction of sp³-hybridized carbons (Fsp3) is 0.840. The van der Waals surface area contributed by atoms with Crippen LogP contribution < -0.4 is 0 Å². The third-order valence-corrected chi connectivity index (χ3v) is 9.43. The van der Waals surface area contributed by atoms with Crippen molar-refractivity contribution < 1.29 is 19.4 Å². The summed E-state index contributed by atoms with van der Waals surface area (Å²) in [4.78, 5) is 25.3. The number of carbonyl (C=O) groups excluding carboxylic acids is 2. The molecule has 0 aromatic rings. The molecule has 0 heterocycles. The molecule has 5 rings (SSSR count). The zero-order valence-electron chi connectivity index (χ0n) is 18.5. The second kappa shape index (κ2) is 5.96. The summed E-state index contributed by atoms with van der Waals surface area (Å²) in [6.07, 6.45) is 7.21. The Morgan fingerprint density at radius 3 is 2.55 bits per heavy atom. The minimum absolute atomic E-state index is 0.0614. The minimum Gasteiger partial charge on any atom is -0.462 e. The number of ether oxygens (including phenoxy) is 1. The molecule has 1 N–H and O–H groups in total. The summed E-state index contributed by atoms with van der Waals surface area (Å²) in [5, 5.41) is 11.2. The summed E-state index contributed by atoms with van der Waals surface area (Å²) < 4.78 is 5.84. The van der Waals surface area contributed by atoms with Gasteiger partial charge in [-0.1, -0.05) is 25.5 Å². The predicted octanol–water partition coefficient (Wildman–Crippen LogP) is 4.30. The SMILES string of the molecule is CC(C)(C)C(=O)O[C@H]1CC[C@@]2(C)C(=CC(O)C3C2CC[C@]2(C)C(=O)[C@H]4CC4C32)C1. The van der Waals surface area contributed by atoms with E-state index in [0.717, 1.165) is 38.5 Å². The van der Waals surface area contributed by atoms with Gasteiger partial charge in [-0.15, -0.1) is 0 Å². The molecule has 0 spiro atoms. The van der Waals surface area contributed by atoms with Crippen LogP contribution in [0.3, 0.4) is 0 Å². The lowest BCUT2D eigenvalue weighted by molar-refractivity contribution is -0.161. The molecule has 0 bridgehead atoms. The van der Waals surface area contributed by atoms with Crippen molar-refractivity contribution in [3.05, 3.63) is 11.6 Å². The molecule has 0 aliphatic heterocycles. The van der Waals surface area contributed by atoms with Crippen LogP contribution in [0.5, 0.6) is 0 Å². The molecule has 4 heteroatoms. The molecule has 4 nitrogen and oxygen atoms in total. The largest absolute Gasteiger partial charge is 0.462 e. The number of ketones is 1. The molecular formula is C25H36O4. The van der Waals surface area contributed by atoms with Gasteiger partial charge in [-0.05, 0) is 82.0 Å². The summed E-state index contributed by atoms with van der Waals surface area (Å²) >= 11 is 0. The van der Waals surface area contributed by atoms with Crippen molar-refractivity contribution in [2.45, 2.75) is 85.4 Å². The smallest absolute Gasteiger partial charge is 0.311 e. The molecule has 0 radical (unpaired) electrons. The van der Waals surface area contributed by atoms with Crippen LogP contribution >= 0.6 is 0 Å². The first-order valence-electron chi connectivity index (χ1n) is 11.6. The molecule has 0 amide bonds. The highest BCUT2D eigenvalue weighted by Crippen LogP contribution is 2.71. The molecule has 4 fully saturated rings. The summed E-state index contributed by atoms with van der Waals surface area (Å²) in [5.74, 6) is 2.12. The average Bonchev–Trinajstić information content (AvgIpc) is 3.37. The Kier molecular flexibility index (Phi) is 4.07. The zero-order valence-corrected chi connectivity index (χ0v) is 18.5. The van der Waals surface area contributed by atoms with Crippen molar-refractivity contribution in [1.82, 2.24) is 0 Å². The molecule has 0 aromatic heterocycles. The van der Waals surface area contributed by atoms with Crippen LogP contribution in [0.2, 0.25) is 0 Å². The standard InChI is InChI=1S/C25H36O4/c1-23(2,3)22(28)29-14-6-8-24(4)13(10-14)11-18(26)19-17(24)7-9-25(5)20(19)15-12-16(15)21(25)27/h11,14-20,26H,6-10,12H2,1-5H3/t14-,15?,16-,17?,18?,19?,20?,24-,25-/m0/s1. The number of carbonyl (C=O) groups is 2. The van der Waals surface area contributed by atoms with Gasteiger partial charge in [0.05, 0.1) is 11.5 Å². The third kappa shape index (κ3) is 2.66. The van der Waals surface area contributed by atoms with E-state index in [1.54, 1.807) is 0 Å². The van der Waals surface area contributed by atoms with Gasteiger partial charge >= 0.3 is 5.97 Å². The number of rotatable bonds is 1. The van der Waals surface area contributed by atoms with E-state index in [0.29, 0.717) is 23.5 Å². The molecular weight excluding hydrogens is 364 g/mol. The number of Topliss-reactive ketones (excluding diaryl/α,β-unsaturated/α-hetero) is 1. The molecule has 160 valence electrons. The third-order valence-electron chi connectivity index (χ3n) is 9.43. The van der Waals surface area contributed by atoms with Gasteiger partial charge in [0, 0.05) is 17.8 Å². The second-order valence-electron chi connectivity index (χ2n) is 12.2. The van der Waals surface area contributed by atoms with E-state index in [4.69, 9.17) is 4.74 Å². The molecule has 29 heavy (non-hydrogen) atoms. The molecule has 5 unspecified atom stereocenters. The summed E-state index contributed by atoms with van der Waals surface area (Å²) in [5.41, 5.74) is 0.642. The number of fused-ring (bicyclic) bond motifs is 7. The predicted molar refractivity (Wildman–Crippen MR) is 110 cm³/mol. The lowest BCUT2D eigenvalue weighted by Gasteiger charge is -2.58. The van der Waals surface area contributed by atoms with Gasteiger partial charge in [-0.3, -0.25) is 9.59 Å². The summed E-state index contributed by atoms with van der Waals surface area (Å²) in [6, 6.07) is 0. The van der Waals surface area contributed by atoms with Crippen LogP contribution in [-0.2, 0) is 14.3 Å². The highest BCUT2D eigenvalue weighted by molar-refractivity contribution is 5.92.